The smallest absolute Gasteiger partial charge is 0.151 e. The molecule has 0 amide bonds. The van der Waals surface area contributed by atoms with Gasteiger partial charge in [0.25, 0.3) is 0 Å². The fraction of sp³-hybridized carbons (Fsp3) is 0.750. The van der Waals surface area contributed by atoms with Crippen LogP contribution in [0.15, 0.2) is 6.20 Å². The maximum absolute atomic E-state index is 11.5. The van der Waals surface area contributed by atoms with Gasteiger partial charge in [0.15, 0.2) is 9.84 Å². The summed E-state index contributed by atoms with van der Waals surface area (Å²) in [5, 5.41) is 7.41. The quantitative estimate of drug-likeness (QED) is 0.767. The normalized spacial score (nSPS) is 11.9. The Labute approximate surface area is 109 Å². The predicted molar refractivity (Wildman–Crippen MR) is 73.3 cm³/mol. The number of sulfone groups is 1. The highest BCUT2D eigenvalue weighted by Crippen LogP contribution is 2.11. The van der Waals surface area contributed by atoms with Crippen molar-refractivity contribution in [2.24, 2.45) is 0 Å². The minimum Gasteiger partial charge on any atom is -0.316 e. The van der Waals surface area contributed by atoms with Gasteiger partial charge < -0.3 is 5.32 Å². The molecule has 0 bridgehead atoms. The van der Waals surface area contributed by atoms with Crippen LogP contribution in [-0.2, 0) is 29.3 Å². The molecule has 0 aromatic carbocycles. The van der Waals surface area contributed by atoms with E-state index in [-0.39, 0.29) is 11.5 Å². The summed E-state index contributed by atoms with van der Waals surface area (Å²) >= 11 is 0. The summed E-state index contributed by atoms with van der Waals surface area (Å²) in [5.41, 5.74) is 2.31. The lowest BCUT2D eigenvalue weighted by molar-refractivity contribution is 0.572. The van der Waals surface area contributed by atoms with E-state index in [0.29, 0.717) is 6.54 Å². The summed E-state index contributed by atoms with van der Waals surface area (Å²) in [5.74, 6) is 0.363. The minimum absolute atomic E-state index is 0.168. The summed E-state index contributed by atoms with van der Waals surface area (Å²) in [4.78, 5) is 0. The lowest BCUT2D eigenvalue weighted by Gasteiger charge is -2.09. The predicted octanol–water partition coefficient (Wildman–Crippen LogP) is 0.990. The van der Waals surface area contributed by atoms with E-state index < -0.39 is 9.84 Å². The van der Waals surface area contributed by atoms with E-state index in [2.05, 4.69) is 17.3 Å². The van der Waals surface area contributed by atoms with E-state index in [1.165, 1.54) is 0 Å². The lowest BCUT2D eigenvalue weighted by atomic mass is 10.1. The van der Waals surface area contributed by atoms with Crippen molar-refractivity contribution in [3.63, 3.8) is 0 Å². The average Bonchev–Trinajstić information content (AvgIpc) is 2.71. The average molecular weight is 273 g/mol. The molecule has 0 unspecified atom stereocenters. The molecule has 18 heavy (non-hydrogen) atoms. The van der Waals surface area contributed by atoms with Crippen molar-refractivity contribution in [1.82, 2.24) is 15.1 Å². The van der Waals surface area contributed by atoms with Crippen molar-refractivity contribution in [3.8, 4) is 0 Å². The molecular formula is C12H23N3O2S. The van der Waals surface area contributed by atoms with Gasteiger partial charge in [0, 0.05) is 23.6 Å². The molecule has 0 atom stereocenters. The highest BCUT2D eigenvalue weighted by molar-refractivity contribution is 7.91. The Kier molecular flexibility index (Phi) is 5.81. The number of nitrogens with zero attached hydrogens (tertiary/aromatic N) is 2. The van der Waals surface area contributed by atoms with Gasteiger partial charge in [0.2, 0.25) is 0 Å². The van der Waals surface area contributed by atoms with Gasteiger partial charge in [-0.2, -0.15) is 5.10 Å². The molecule has 0 spiro atoms. The molecule has 0 saturated carbocycles. The van der Waals surface area contributed by atoms with Crippen molar-refractivity contribution < 1.29 is 8.42 Å². The molecule has 1 rings (SSSR count). The van der Waals surface area contributed by atoms with Gasteiger partial charge in [-0.1, -0.05) is 20.3 Å². The van der Waals surface area contributed by atoms with Crippen molar-refractivity contribution in [2.75, 3.05) is 18.6 Å². The highest BCUT2D eigenvalue weighted by atomic mass is 32.2. The Morgan fingerprint density at radius 3 is 2.67 bits per heavy atom. The summed E-state index contributed by atoms with van der Waals surface area (Å²) in [7, 11) is -1.03. The second kappa shape index (κ2) is 6.89. The van der Waals surface area contributed by atoms with E-state index in [1.807, 2.05) is 17.9 Å². The standard InChI is InChI=1S/C12H23N3O2S/c1-4-6-12-11(9-13-3)10-14-15(12)7-8-18(16,17)5-2/h10,13H,4-9H2,1-3H3. The molecule has 1 N–H and O–H groups in total. The maximum atomic E-state index is 11.5. The zero-order chi connectivity index (χ0) is 13.6. The summed E-state index contributed by atoms with van der Waals surface area (Å²) in [6.45, 7) is 5.02. The van der Waals surface area contributed by atoms with Crippen LogP contribution in [0.2, 0.25) is 0 Å². The second-order valence-corrected chi connectivity index (χ2v) is 6.83. The van der Waals surface area contributed by atoms with Crippen LogP contribution in [0.5, 0.6) is 0 Å². The summed E-state index contributed by atoms with van der Waals surface area (Å²) in [6.07, 6.45) is 3.80. The minimum atomic E-state index is -2.93. The first-order chi connectivity index (χ1) is 8.54. The number of aromatic nitrogens is 2. The number of hydrogen-bond acceptors (Lipinski definition) is 4. The van der Waals surface area contributed by atoms with Gasteiger partial charge in [-0.05, 0) is 13.5 Å². The Morgan fingerprint density at radius 1 is 1.39 bits per heavy atom. The Hall–Kier alpha value is -0.880. The first-order valence-electron chi connectivity index (χ1n) is 6.42. The molecule has 0 aliphatic carbocycles. The Morgan fingerprint density at radius 2 is 2.11 bits per heavy atom. The molecule has 0 saturated heterocycles. The third-order valence-electron chi connectivity index (χ3n) is 2.94. The number of aryl methyl sites for hydroxylation is 1. The molecular weight excluding hydrogens is 250 g/mol. The third kappa shape index (κ3) is 4.10. The first kappa shape index (κ1) is 15.2. The monoisotopic (exact) mass is 273 g/mol. The van der Waals surface area contributed by atoms with E-state index >= 15 is 0 Å². The first-order valence-corrected chi connectivity index (χ1v) is 8.24. The zero-order valence-electron chi connectivity index (χ0n) is 11.4. The van der Waals surface area contributed by atoms with Crippen LogP contribution in [0, 0.1) is 0 Å². The SMILES string of the molecule is CCCc1c(CNC)cnn1CCS(=O)(=O)CC. The summed E-state index contributed by atoms with van der Waals surface area (Å²) in [6, 6.07) is 0. The fourth-order valence-corrected chi connectivity index (χ4v) is 2.62. The van der Waals surface area contributed by atoms with Crippen molar-refractivity contribution in [1.29, 1.82) is 0 Å². The number of nitrogens with one attached hydrogen (secondary N) is 1. The number of rotatable bonds is 8. The van der Waals surface area contributed by atoms with E-state index in [0.717, 1.165) is 30.6 Å². The summed E-state index contributed by atoms with van der Waals surface area (Å²) < 4.78 is 24.9. The van der Waals surface area contributed by atoms with E-state index in [9.17, 15) is 8.42 Å². The largest absolute Gasteiger partial charge is 0.316 e. The molecule has 1 aromatic heterocycles. The van der Waals surface area contributed by atoms with Crippen LogP contribution < -0.4 is 5.32 Å². The molecule has 0 fully saturated rings. The van der Waals surface area contributed by atoms with Crippen LogP contribution in [0.25, 0.3) is 0 Å². The topological polar surface area (TPSA) is 64.0 Å². The molecule has 104 valence electrons. The Balaban J connectivity index is 2.81. The van der Waals surface area contributed by atoms with Crippen molar-refractivity contribution in [2.45, 2.75) is 39.8 Å². The van der Waals surface area contributed by atoms with E-state index in [1.54, 1.807) is 6.92 Å². The third-order valence-corrected chi connectivity index (χ3v) is 4.63. The van der Waals surface area contributed by atoms with Crippen molar-refractivity contribution >= 4 is 9.84 Å². The van der Waals surface area contributed by atoms with Crippen LogP contribution in [0.3, 0.4) is 0 Å². The molecule has 5 nitrogen and oxygen atoms in total. The van der Waals surface area contributed by atoms with Crippen molar-refractivity contribution in [3.05, 3.63) is 17.5 Å². The second-order valence-electron chi connectivity index (χ2n) is 4.36. The number of hydrogen-bond donors (Lipinski definition) is 1. The molecule has 0 aliphatic heterocycles. The van der Waals surface area contributed by atoms with Gasteiger partial charge in [0.1, 0.15) is 0 Å². The van der Waals surface area contributed by atoms with Gasteiger partial charge in [-0.3, -0.25) is 4.68 Å². The van der Waals surface area contributed by atoms with Crippen LogP contribution in [0.4, 0.5) is 0 Å². The van der Waals surface area contributed by atoms with Crippen LogP contribution in [-0.4, -0.2) is 36.8 Å². The van der Waals surface area contributed by atoms with E-state index in [4.69, 9.17) is 0 Å². The molecule has 1 heterocycles. The van der Waals surface area contributed by atoms with Gasteiger partial charge in [-0.15, -0.1) is 0 Å². The van der Waals surface area contributed by atoms with Crippen LogP contribution in [0.1, 0.15) is 31.5 Å². The van der Waals surface area contributed by atoms with Gasteiger partial charge >= 0.3 is 0 Å². The fourth-order valence-electron chi connectivity index (χ4n) is 1.88. The molecule has 0 aliphatic rings. The Bertz CT molecular complexity index is 466. The molecule has 6 heteroatoms. The van der Waals surface area contributed by atoms with Gasteiger partial charge in [-0.25, -0.2) is 8.42 Å². The highest BCUT2D eigenvalue weighted by Gasteiger charge is 2.13. The molecule has 0 radical (unpaired) electrons. The molecule has 1 aromatic rings. The van der Waals surface area contributed by atoms with Crippen LogP contribution >= 0.6 is 0 Å². The maximum Gasteiger partial charge on any atom is 0.151 e. The lowest BCUT2D eigenvalue weighted by Crippen LogP contribution is -2.17. The zero-order valence-corrected chi connectivity index (χ0v) is 12.3. The van der Waals surface area contributed by atoms with Gasteiger partial charge in [0.05, 0.1) is 18.5 Å².